The molecule has 1 atom stereocenters. The van der Waals surface area contributed by atoms with Crippen molar-refractivity contribution in [2.45, 2.75) is 62.1 Å². The van der Waals surface area contributed by atoms with Crippen LogP contribution < -0.4 is 4.74 Å². The first-order chi connectivity index (χ1) is 13.0. The van der Waals surface area contributed by atoms with Gasteiger partial charge in [-0.1, -0.05) is 42.6 Å². The van der Waals surface area contributed by atoms with Crippen LogP contribution in [-0.2, 0) is 11.4 Å². The van der Waals surface area contributed by atoms with Gasteiger partial charge in [0.25, 0.3) is 11.1 Å². The smallest absolute Gasteiger partial charge is 0.277 e. The van der Waals surface area contributed by atoms with E-state index in [4.69, 9.17) is 20.8 Å². The highest BCUT2D eigenvalue weighted by Crippen LogP contribution is 2.27. The molecule has 0 bridgehead atoms. The lowest BCUT2D eigenvalue weighted by atomic mass is 9.94. The predicted molar refractivity (Wildman–Crippen MR) is 105 cm³/mol. The van der Waals surface area contributed by atoms with Crippen molar-refractivity contribution in [1.82, 2.24) is 15.1 Å². The Bertz CT molecular complexity index is 747. The first-order valence-electron chi connectivity index (χ1n) is 9.17. The number of amides is 1. The molecule has 1 fully saturated rings. The normalized spacial score (nSPS) is 16.1. The number of hydrogen-bond acceptors (Lipinski definition) is 6. The fourth-order valence-corrected chi connectivity index (χ4v) is 4.08. The molecule has 6 nitrogen and oxygen atoms in total. The Balaban J connectivity index is 1.50. The predicted octanol–water partition coefficient (Wildman–Crippen LogP) is 4.57. The molecular weight excluding hydrogens is 386 g/mol. The van der Waals surface area contributed by atoms with E-state index in [1.807, 2.05) is 18.9 Å². The van der Waals surface area contributed by atoms with Crippen molar-refractivity contribution in [3.8, 4) is 5.75 Å². The third-order valence-corrected chi connectivity index (χ3v) is 5.89. The summed E-state index contributed by atoms with van der Waals surface area (Å²) >= 11 is 7.13. The van der Waals surface area contributed by atoms with Crippen molar-refractivity contribution >= 4 is 29.3 Å². The molecule has 1 amide bonds. The van der Waals surface area contributed by atoms with Gasteiger partial charge in [-0.05, 0) is 44.0 Å². The topological polar surface area (TPSA) is 68.5 Å². The maximum absolute atomic E-state index is 12.7. The summed E-state index contributed by atoms with van der Waals surface area (Å²) < 4.78 is 11.2. The molecule has 1 aliphatic carbocycles. The monoisotopic (exact) mass is 409 g/mol. The lowest BCUT2D eigenvalue weighted by molar-refractivity contribution is -0.131. The van der Waals surface area contributed by atoms with Crippen LogP contribution in [0.1, 0.15) is 44.9 Å². The second-order valence-corrected chi connectivity index (χ2v) is 8.43. The molecule has 1 saturated carbocycles. The van der Waals surface area contributed by atoms with E-state index in [1.54, 1.807) is 24.3 Å². The number of thioether (sulfide) groups is 1. The first kappa shape index (κ1) is 20.0. The summed E-state index contributed by atoms with van der Waals surface area (Å²) in [4.78, 5) is 14.6. The van der Waals surface area contributed by atoms with Gasteiger partial charge in [-0.3, -0.25) is 4.79 Å². The Morgan fingerprint density at radius 3 is 2.70 bits per heavy atom. The minimum atomic E-state index is -0.276. The Morgan fingerprint density at radius 2 is 2.00 bits per heavy atom. The van der Waals surface area contributed by atoms with E-state index in [2.05, 4.69) is 10.2 Å². The number of halogens is 1. The van der Waals surface area contributed by atoms with Crippen LogP contribution in [0.4, 0.5) is 0 Å². The lowest BCUT2D eigenvalue weighted by Gasteiger charge is -2.32. The SMILES string of the molecule is CC(Sc1nnc(COc2ccc(Cl)cc2)o1)C(=O)N(C)C1CCCCC1. The van der Waals surface area contributed by atoms with Crippen LogP contribution in [-0.4, -0.2) is 39.3 Å². The molecule has 146 valence electrons. The zero-order chi connectivity index (χ0) is 19.2. The Kier molecular flexibility index (Phi) is 7.01. The second kappa shape index (κ2) is 9.46. The van der Waals surface area contributed by atoms with E-state index >= 15 is 0 Å². The number of hydrogen-bond donors (Lipinski definition) is 0. The van der Waals surface area contributed by atoms with Gasteiger partial charge in [0.05, 0.1) is 5.25 Å². The average molecular weight is 410 g/mol. The molecule has 1 unspecified atom stereocenters. The minimum absolute atomic E-state index is 0.101. The standard InChI is InChI=1S/C19H24ClN3O3S/c1-13(18(24)23(2)15-6-4-3-5-7-15)27-19-22-21-17(26-19)12-25-16-10-8-14(20)9-11-16/h8-11,13,15H,3-7,12H2,1-2H3. The lowest BCUT2D eigenvalue weighted by Crippen LogP contribution is -2.42. The van der Waals surface area contributed by atoms with Crippen molar-refractivity contribution in [2.75, 3.05) is 7.05 Å². The van der Waals surface area contributed by atoms with Crippen LogP contribution in [0.3, 0.4) is 0 Å². The molecule has 0 N–H and O–H groups in total. The maximum Gasteiger partial charge on any atom is 0.277 e. The van der Waals surface area contributed by atoms with Crippen LogP contribution in [0.25, 0.3) is 0 Å². The van der Waals surface area contributed by atoms with E-state index in [0.29, 0.717) is 27.9 Å². The number of nitrogens with zero attached hydrogens (tertiary/aromatic N) is 3. The zero-order valence-corrected chi connectivity index (χ0v) is 17.1. The van der Waals surface area contributed by atoms with Gasteiger partial charge in [-0.2, -0.15) is 0 Å². The molecule has 2 aromatic rings. The van der Waals surface area contributed by atoms with Crippen molar-refractivity contribution < 1.29 is 13.9 Å². The summed E-state index contributed by atoms with van der Waals surface area (Å²) in [6.45, 7) is 2.04. The first-order valence-corrected chi connectivity index (χ1v) is 10.4. The fourth-order valence-electron chi connectivity index (χ4n) is 3.16. The van der Waals surface area contributed by atoms with Gasteiger partial charge in [0, 0.05) is 18.1 Å². The summed E-state index contributed by atoms with van der Waals surface area (Å²) in [6, 6.07) is 7.40. The van der Waals surface area contributed by atoms with Gasteiger partial charge < -0.3 is 14.1 Å². The van der Waals surface area contributed by atoms with E-state index in [9.17, 15) is 4.79 Å². The molecule has 1 heterocycles. The van der Waals surface area contributed by atoms with Gasteiger partial charge in [-0.15, -0.1) is 10.2 Å². The van der Waals surface area contributed by atoms with Gasteiger partial charge in [0.1, 0.15) is 5.75 Å². The molecule has 0 saturated heterocycles. The summed E-state index contributed by atoms with van der Waals surface area (Å²) in [5.74, 6) is 1.14. The van der Waals surface area contributed by atoms with E-state index in [-0.39, 0.29) is 17.8 Å². The Labute approximate surface area is 168 Å². The Morgan fingerprint density at radius 1 is 1.30 bits per heavy atom. The highest BCUT2D eigenvalue weighted by molar-refractivity contribution is 8.00. The van der Waals surface area contributed by atoms with Crippen LogP contribution in [0.2, 0.25) is 5.02 Å². The van der Waals surface area contributed by atoms with Crippen molar-refractivity contribution in [1.29, 1.82) is 0 Å². The third-order valence-electron chi connectivity index (χ3n) is 4.72. The number of ether oxygens (including phenoxy) is 1. The van der Waals surface area contributed by atoms with Crippen LogP contribution >= 0.6 is 23.4 Å². The largest absolute Gasteiger partial charge is 0.484 e. The third kappa shape index (κ3) is 5.62. The van der Waals surface area contributed by atoms with Gasteiger partial charge in [-0.25, -0.2) is 0 Å². The number of carbonyl (C=O) groups excluding carboxylic acids is 1. The van der Waals surface area contributed by atoms with Gasteiger partial charge in [0.2, 0.25) is 5.91 Å². The van der Waals surface area contributed by atoms with Crippen LogP contribution in [0.15, 0.2) is 33.9 Å². The number of rotatable bonds is 7. The van der Waals surface area contributed by atoms with Gasteiger partial charge >= 0.3 is 0 Å². The molecule has 27 heavy (non-hydrogen) atoms. The molecule has 1 aromatic heterocycles. The fraction of sp³-hybridized carbons (Fsp3) is 0.526. The van der Waals surface area contributed by atoms with Gasteiger partial charge in [0.15, 0.2) is 6.61 Å². The quantitative estimate of drug-likeness (QED) is 0.624. The maximum atomic E-state index is 12.7. The number of aromatic nitrogens is 2. The van der Waals surface area contributed by atoms with E-state index < -0.39 is 0 Å². The minimum Gasteiger partial charge on any atom is -0.484 e. The van der Waals surface area contributed by atoms with Crippen LogP contribution in [0, 0.1) is 0 Å². The summed E-state index contributed by atoms with van der Waals surface area (Å²) in [5, 5.41) is 8.74. The highest BCUT2D eigenvalue weighted by Gasteiger charge is 2.27. The van der Waals surface area contributed by atoms with Crippen molar-refractivity contribution in [2.24, 2.45) is 0 Å². The molecule has 0 spiro atoms. The zero-order valence-electron chi connectivity index (χ0n) is 15.6. The molecule has 0 radical (unpaired) electrons. The van der Waals surface area contributed by atoms with E-state index in [0.717, 1.165) is 12.8 Å². The number of benzene rings is 1. The van der Waals surface area contributed by atoms with Crippen molar-refractivity contribution in [3.63, 3.8) is 0 Å². The molecule has 1 aliphatic rings. The molecule has 8 heteroatoms. The highest BCUT2D eigenvalue weighted by atomic mass is 35.5. The molecular formula is C19H24ClN3O3S. The second-order valence-electron chi connectivity index (χ2n) is 6.71. The molecule has 0 aliphatic heterocycles. The van der Waals surface area contributed by atoms with Crippen molar-refractivity contribution in [3.05, 3.63) is 35.2 Å². The summed E-state index contributed by atoms with van der Waals surface area (Å²) in [5.41, 5.74) is 0. The molecule has 3 rings (SSSR count). The Hall–Kier alpha value is -1.73. The average Bonchev–Trinajstić information content (AvgIpc) is 3.14. The van der Waals surface area contributed by atoms with Crippen LogP contribution in [0.5, 0.6) is 5.75 Å². The summed E-state index contributed by atoms with van der Waals surface area (Å²) in [6.07, 6.45) is 5.85. The molecule has 1 aromatic carbocycles. The number of carbonyl (C=O) groups is 1. The summed E-state index contributed by atoms with van der Waals surface area (Å²) in [7, 11) is 1.90. The van der Waals surface area contributed by atoms with E-state index in [1.165, 1.54) is 31.0 Å².